The van der Waals surface area contributed by atoms with Crippen molar-refractivity contribution in [2.24, 2.45) is 13.0 Å². The zero-order valence-electron chi connectivity index (χ0n) is 13.4. The molecule has 3 rings (SSSR count). The molecule has 0 aromatic carbocycles. The van der Waals surface area contributed by atoms with Gasteiger partial charge in [-0.3, -0.25) is 4.79 Å². The van der Waals surface area contributed by atoms with Crippen LogP contribution in [-0.2, 0) is 13.5 Å². The molecule has 8 heteroatoms. The number of likely N-dealkylation sites (tertiary alicyclic amines) is 1. The number of hydrogen-bond donors (Lipinski definition) is 1. The number of carboxylic acids is 1. The number of pyridine rings is 1. The molecule has 0 unspecified atom stereocenters. The van der Waals surface area contributed by atoms with Crippen LogP contribution in [0.15, 0.2) is 24.7 Å². The largest absolute Gasteiger partial charge is 0.477 e. The third kappa shape index (κ3) is 3.42. The minimum Gasteiger partial charge on any atom is -0.477 e. The summed E-state index contributed by atoms with van der Waals surface area (Å²) in [4.78, 5) is 29.0. The number of carboxylic acid groups (broad SMARTS) is 1. The van der Waals surface area contributed by atoms with Gasteiger partial charge in [-0.05, 0) is 30.9 Å². The minimum absolute atomic E-state index is 0.113. The van der Waals surface area contributed by atoms with Crippen LogP contribution in [-0.4, -0.2) is 54.7 Å². The molecule has 126 valence electrons. The zero-order valence-corrected chi connectivity index (χ0v) is 13.4. The van der Waals surface area contributed by atoms with E-state index in [9.17, 15) is 9.59 Å². The normalized spacial score (nSPS) is 15.5. The number of piperidine rings is 1. The average molecular weight is 329 g/mol. The standard InChI is InChI=1S/C16H19N5O3/c1-20-10-18-19-14(20)8-11-3-6-21(7-4-11)15(22)12-2-5-17-13(9-12)16(23)24/h2,5,9-11H,3-4,6-8H2,1H3,(H,23,24). The van der Waals surface area contributed by atoms with Gasteiger partial charge in [0.1, 0.15) is 17.8 Å². The second kappa shape index (κ2) is 6.77. The summed E-state index contributed by atoms with van der Waals surface area (Å²) < 4.78 is 1.92. The van der Waals surface area contributed by atoms with E-state index in [2.05, 4.69) is 15.2 Å². The Labute approximate surface area is 139 Å². The van der Waals surface area contributed by atoms with Gasteiger partial charge >= 0.3 is 5.97 Å². The van der Waals surface area contributed by atoms with E-state index in [1.165, 1.54) is 12.3 Å². The molecular formula is C16H19N5O3. The van der Waals surface area contributed by atoms with Crippen LogP contribution in [0.1, 0.15) is 39.5 Å². The van der Waals surface area contributed by atoms with E-state index >= 15 is 0 Å². The molecule has 8 nitrogen and oxygen atoms in total. The van der Waals surface area contributed by atoms with E-state index < -0.39 is 5.97 Å². The molecule has 1 amide bonds. The number of amides is 1. The summed E-state index contributed by atoms with van der Waals surface area (Å²) in [6.07, 6.45) is 5.71. The highest BCUT2D eigenvalue weighted by molar-refractivity contribution is 5.96. The summed E-state index contributed by atoms with van der Waals surface area (Å²) >= 11 is 0. The molecule has 0 atom stereocenters. The quantitative estimate of drug-likeness (QED) is 0.898. The highest BCUT2D eigenvalue weighted by Crippen LogP contribution is 2.22. The smallest absolute Gasteiger partial charge is 0.354 e. The lowest BCUT2D eigenvalue weighted by atomic mass is 9.93. The molecule has 3 heterocycles. The third-order valence-electron chi connectivity index (χ3n) is 4.40. The lowest BCUT2D eigenvalue weighted by Crippen LogP contribution is -2.39. The molecule has 1 saturated heterocycles. The molecule has 0 saturated carbocycles. The highest BCUT2D eigenvalue weighted by atomic mass is 16.4. The fourth-order valence-corrected chi connectivity index (χ4v) is 2.95. The van der Waals surface area contributed by atoms with Gasteiger partial charge in [-0.15, -0.1) is 10.2 Å². The minimum atomic E-state index is -1.13. The Hall–Kier alpha value is -2.77. The Morgan fingerprint density at radius 3 is 2.71 bits per heavy atom. The first-order valence-corrected chi connectivity index (χ1v) is 7.86. The maximum Gasteiger partial charge on any atom is 0.354 e. The van der Waals surface area contributed by atoms with E-state index in [0.717, 1.165) is 25.1 Å². The van der Waals surface area contributed by atoms with Crippen LogP contribution >= 0.6 is 0 Å². The fourth-order valence-electron chi connectivity index (χ4n) is 2.95. The molecule has 1 N–H and O–H groups in total. The summed E-state index contributed by atoms with van der Waals surface area (Å²) in [6.45, 7) is 1.32. The van der Waals surface area contributed by atoms with E-state index in [0.29, 0.717) is 24.6 Å². The Balaban J connectivity index is 1.60. The number of rotatable bonds is 4. The summed E-state index contributed by atoms with van der Waals surface area (Å²) in [5, 5.41) is 17.0. The summed E-state index contributed by atoms with van der Waals surface area (Å²) in [7, 11) is 1.93. The van der Waals surface area contributed by atoms with Gasteiger partial charge in [-0.2, -0.15) is 0 Å². The van der Waals surface area contributed by atoms with Crippen molar-refractivity contribution in [3.63, 3.8) is 0 Å². The Kier molecular flexibility index (Phi) is 4.54. The average Bonchev–Trinajstić information content (AvgIpc) is 3.00. The van der Waals surface area contributed by atoms with Crippen molar-refractivity contribution in [1.82, 2.24) is 24.6 Å². The number of nitrogens with zero attached hydrogens (tertiary/aromatic N) is 5. The van der Waals surface area contributed by atoms with Crippen LogP contribution in [0.5, 0.6) is 0 Å². The van der Waals surface area contributed by atoms with Gasteiger partial charge in [0.2, 0.25) is 0 Å². The molecule has 1 fully saturated rings. The molecule has 1 aliphatic rings. The second-order valence-electron chi connectivity index (χ2n) is 6.03. The molecule has 2 aromatic heterocycles. The monoisotopic (exact) mass is 329 g/mol. The van der Waals surface area contributed by atoms with Gasteiger partial charge < -0.3 is 14.6 Å². The van der Waals surface area contributed by atoms with Gasteiger partial charge in [0.25, 0.3) is 5.91 Å². The van der Waals surface area contributed by atoms with Crippen molar-refractivity contribution in [2.45, 2.75) is 19.3 Å². The number of aromatic carboxylic acids is 1. The number of aromatic nitrogens is 4. The lowest BCUT2D eigenvalue weighted by molar-refractivity contribution is 0.0688. The third-order valence-corrected chi connectivity index (χ3v) is 4.40. The topological polar surface area (TPSA) is 101 Å². The first kappa shape index (κ1) is 16.1. The van der Waals surface area contributed by atoms with Crippen molar-refractivity contribution in [3.05, 3.63) is 41.7 Å². The SMILES string of the molecule is Cn1cnnc1CC1CCN(C(=O)c2ccnc(C(=O)O)c2)CC1. The number of hydrogen-bond acceptors (Lipinski definition) is 5. The molecule has 0 bridgehead atoms. The van der Waals surface area contributed by atoms with Gasteiger partial charge in [0.05, 0.1) is 0 Å². The van der Waals surface area contributed by atoms with E-state index in [4.69, 9.17) is 5.11 Å². The van der Waals surface area contributed by atoms with Crippen LogP contribution in [0.25, 0.3) is 0 Å². The van der Waals surface area contributed by atoms with Crippen molar-refractivity contribution < 1.29 is 14.7 Å². The molecule has 2 aromatic rings. The zero-order chi connectivity index (χ0) is 17.1. The van der Waals surface area contributed by atoms with Gasteiger partial charge in [-0.25, -0.2) is 9.78 Å². The lowest BCUT2D eigenvalue weighted by Gasteiger charge is -2.31. The van der Waals surface area contributed by atoms with E-state index in [1.54, 1.807) is 17.3 Å². The maximum absolute atomic E-state index is 12.5. The number of aryl methyl sites for hydroxylation is 1. The van der Waals surface area contributed by atoms with E-state index in [1.807, 2.05) is 11.6 Å². The van der Waals surface area contributed by atoms with Gasteiger partial charge in [0, 0.05) is 38.3 Å². The van der Waals surface area contributed by atoms with Crippen LogP contribution in [0.2, 0.25) is 0 Å². The Morgan fingerprint density at radius 2 is 2.08 bits per heavy atom. The molecular weight excluding hydrogens is 310 g/mol. The van der Waals surface area contributed by atoms with Crippen LogP contribution in [0.3, 0.4) is 0 Å². The van der Waals surface area contributed by atoms with Crippen LogP contribution < -0.4 is 0 Å². The first-order chi connectivity index (χ1) is 11.5. The van der Waals surface area contributed by atoms with Crippen molar-refractivity contribution in [2.75, 3.05) is 13.1 Å². The predicted octanol–water partition coefficient (Wildman–Crippen LogP) is 1.00. The Morgan fingerprint density at radius 1 is 1.33 bits per heavy atom. The fraction of sp³-hybridized carbons (Fsp3) is 0.438. The molecule has 0 spiro atoms. The van der Waals surface area contributed by atoms with Gasteiger partial charge in [-0.1, -0.05) is 0 Å². The molecule has 1 aliphatic heterocycles. The van der Waals surface area contributed by atoms with Crippen LogP contribution in [0, 0.1) is 5.92 Å². The summed E-state index contributed by atoms with van der Waals surface area (Å²) in [6, 6.07) is 2.89. The number of carbonyl (C=O) groups is 2. The second-order valence-corrected chi connectivity index (χ2v) is 6.03. The van der Waals surface area contributed by atoms with E-state index in [-0.39, 0.29) is 11.6 Å². The number of carbonyl (C=O) groups excluding carboxylic acids is 1. The molecule has 24 heavy (non-hydrogen) atoms. The van der Waals surface area contributed by atoms with Crippen molar-refractivity contribution in [3.8, 4) is 0 Å². The predicted molar refractivity (Wildman–Crippen MR) is 84.5 cm³/mol. The summed E-state index contributed by atoms with van der Waals surface area (Å²) in [5.74, 6) is 0.160. The van der Waals surface area contributed by atoms with Gasteiger partial charge in [0.15, 0.2) is 0 Å². The summed E-state index contributed by atoms with van der Waals surface area (Å²) in [5.41, 5.74) is 0.257. The first-order valence-electron chi connectivity index (χ1n) is 7.86. The van der Waals surface area contributed by atoms with Crippen LogP contribution in [0.4, 0.5) is 0 Å². The highest BCUT2D eigenvalue weighted by Gasteiger charge is 2.25. The maximum atomic E-state index is 12.5. The molecule has 0 aliphatic carbocycles. The van der Waals surface area contributed by atoms with Crippen molar-refractivity contribution in [1.29, 1.82) is 0 Å². The Bertz CT molecular complexity index is 750. The van der Waals surface area contributed by atoms with Crippen molar-refractivity contribution >= 4 is 11.9 Å². The molecule has 0 radical (unpaired) electrons.